The number of para-hydroxylation sites is 1. The summed E-state index contributed by atoms with van der Waals surface area (Å²) in [6, 6.07) is 49.8. The standard InChI is InChI=1S/C41H26N4O2/c46-40-34-24-22-31(39-43-37(28-15-7-2-8-16-28)42-38(44-39)29-17-9-3-10-18-29)26-35(34)33-23-21-30(27-13-5-1-6-14-27)25-36(33)41(47)45(40)32-19-11-4-12-20-32/h1-26H. The summed E-state index contributed by atoms with van der Waals surface area (Å²) < 4.78 is 1.27. The van der Waals surface area contributed by atoms with Crippen LogP contribution in [0, 0.1) is 0 Å². The van der Waals surface area contributed by atoms with E-state index in [1.54, 1.807) is 18.2 Å². The lowest BCUT2D eigenvalue weighted by atomic mass is 9.99. The molecule has 222 valence electrons. The fourth-order valence-electron chi connectivity index (χ4n) is 5.94. The Balaban J connectivity index is 1.43. The SMILES string of the molecule is O=c1c2cc(-c3ccccc3)ccc2c2cc(-c3nc(-c4ccccc4)nc(-c4ccccc4)n3)ccc2c(=O)n1-c1ccccc1. The van der Waals surface area contributed by atoms with Gasteiger partial charge in [0.15, 0.2) is 17.5 Å². The molecule has 0 saturated carbocycles. The van der Waals surface area contributed by atoms with Crippen molar-refractivity contribution in [3.8, 4) is 51.0 Å². The molecule has 6 aromatic carbocycles. The van der Waals surface area contributed by atoms with E-state index in [0.717, 1.165) is 22.3 Å². The summed E-state index contributed by atoms with van der Waals surface area (Å²) in [4.78, 5) is 43.2. The van der Waals surface area contributed by atoms with Crippen molar-refractivity contribution in [1.82, 2.24) is 19.5 Å². The number of nitrogens with zero attached hydrogens (tertiary/aromatic N) is 4. The van der Waals surface area contributed by atoms with E-state index < -0.39 is 5.56 Å². The first kappa shape index (κ1) is 28.0. The number of benzene rings is 6. The van der Waals surface area contributed by atoms with Crippen LogP contribution < -0.4 is 11.1 Å². The van der Waals surface area contributed by atoms with Gasteiger partial charge >= 0.3 is 0 Å². The van der Waals surface area contributed by atoms with E-state index in [2.05, 4.69) is 0 Å². The Bertz CT molecular complexity index is 2480. The number of fused-ring (bicyclic) bond motifs is 3. The molecule has 6 nitrogen and oxygen atoms in total. The second kappa shape index (κ2) is 11.8. The van der Waals surface area contributed by atoms with Gasteiger partial charge in [-0.15, -0.1) is 0 Å². The zero-order valence-corrected chi connectivity index (χ0v) is 25.1. The van der Waals surface area contributed by atoms with E-state index in [1.807, 2.05) is 140 Å². The molecule has 0 aliphatic rings. The third-order valence-corrected chi connectivity index (χ3v) is 8.28. The zero-order valence-electron chi connectivity index (χ0n) is 25.1. The van der Waals surface area contributed by atoms with Crippen molar-refractivity contribution in [1.29, 1.82) is 0 Å². The lowest BCUT2D eigenvalue weighted by Gasteiger charge is -2.09. The second-order valence-electron chi connectivity index (χ2n) is 11.2. The highest BCUT2D eigenvalue weighted by molar-refractivity contribution is 6.07. The Morgan fingerprint density at radius 1 is 0.340 bits per heavy atom. The molecule has 0 unspecified atom stereocenters. The molecule has 0 saturated heterocycles. The molecule has 0 atom stereocenters. The van der Waals surface area contributed by atoms with Crippen LogP contribution in [0.15, 0.2) is 167 Å². The maximum atomic E-state index is 14.3. The molecule has 0 amide bonds. The monoisotopic (exact) mass is 606 g/mol. The summed E-state index contributed by atoms with van der Waals surface area (Å²) in [6.45, 7) is 0. The highest BCUT2D eigenvalue weighted by atomic mass is 16.2. The Kier molecular flexibility index (Phi) is 7.00. The van der Waals surface area contributed by atoms with Gasteiger partial charge in [0.25, 0.3) is 11.1 Å². The van der Waals surface area contributed by atoms with Crippen LogP contribution in [0.3, 0.4) is 0 Å². The number of rotatable bonds is 5. The maximum Gasteiger partial charge on any atom is 0.265 e. The molecule has 0 radical (unpaired) electrons. The topological polar surface area (TPSA) is 77.7 Å². The van der Waals surface area contributed by atoms with Crippen molar-refractivity contribution in [3.05, 3.63) is 178 Å². The van der Waals surface area contributed by atoms with Crippen molar-refractivity contribution >= 4 is 21.5 Å². The van der Waals surface area contributed by atoms with Crippen LogP contribution in [0.1, 0.15) is 0 Å². The van der Waals surface area contributed by atoms with Crippen LogP contribution in [0.4, 0.5) is 0 Å². The average molecular weight is 607 g/mol. The minimum absolute atomic E-state index is 0.385. The summed E-state index contributed by atoms with van der Waals surface area (Å²) in [5.41, 5.74) is 4.01. The van der Waals surface area contributed by atoms with Gasteiger partial charge in [0.1, 0.15) is 0 Å². The first-order chi connectivity index (χ1) is 23.1. The fourth-order valence-corrected chi connectivity index (χ4v) is 5.94. The number of hydrogen-bond donors (Lipinski definition) is 0. The van der Waals surface area contributed by atoms with Gasteiger partial charge in [-0.25, -0.2) is 19.5 Å². The Labute approximate surface area is 270 Å². The summed E-state index contributed by atoms with van der Waals surface area (Å²) in [5.74, 6) is 1.54. The van der Waals surface area contributed by atoms with E-state index in [4.69, 9.17) is 15.0 Å². The van der Waals surface area contributed by atoms with Crippen LogP contribution in [-0.2, 0) is 0 Å². The molecule has 0 aliphatic carbocycles. The van der Waals surface area contributed by atoms with Gasteiger partial charge in [0, 0.05) is 27.5 Å². The third-order valence-electron chi connectivity index (χ3n) is 8.28. The Morgan fingerprint density at radius 3 is 1.34 bits per heavy atom. The van der Waals surface area contributed by atoms with Crippen LogP contribution in [0.25, 0.3) is 72.5 Å². The quantitative estimate of drug-likeness (QED) is 0.197. The minimum Gasteiger partial charge on any atom is -0.268 e. The molecule has 0 bridgehead atoms. The predicted octanol–water partition coefficient (Wildman–Crippen LogP) is 8.36. The van der Waals surface area contributed by atoms with Crippen molar-refractivity contribution in [2.75, 3.05) is 0 Å². The largest absolute Gasteiger partial charge is 0.268 e. The van der Waals surface area contributed by atoms with Crippen molar-refractivity contribution in [3.63, 3.8) is 0 Å². The molecule has 8 rings (SSSR count). The first-order valence-electron chi connectivity index (χ1n) is 15.3. The van der Waals surface area contributed by atoms with E-state index in [9.17, 15) is 9.59 Å². The lowest BCUT2D eigenvalue weighted by Crippen LogP contribution is -2.28. The molecule has 0 spiro atoms. The number of hydrogen-bond acceptors (Lipinski definition) is 5. The molecular formula is C41H26N4O2. The molecule has 0 N–H and O–H groups in total. The normalized spacial score (nSPS) is 11.1. The molecule has 2 aromatic heterocycles. The van der Waals surface area contributed by atoms with Gasteiger partial charge in [0.05, 0.1) is 5.69 Å². The highest BCUT2D eigenvalue weighted by Gasteiger charge is 2.17. The zero-order chi connectivity index (χ0) is 31.7. The van der Waals surface area contributed by atoms with E-state index in [1.165, 1.54) is 4.57 Å². The summed E-state index contributed by atoms with van der Waals surface area (Å²) in [5, 5.41) is 2.15. The van der Waals surface area contributed by atoms with Crippen molar-refractivity contribution < 1.29 is 0 Å². The predicted molar refractivity (Wildman–Crippen MR) is 188 cm³/mol. The molecule has 0 aliphatic heterocycles. The van der Waals surface area contributed by atoms with Crippen LogP contribution in [-0.4, -0.2) is 19.5 Å². The molecule has 6 heteroatoms. The number of aromatic nitrogens is 4. The van der Waals surface area contributed by atoms with Crippen molar-refractivity contribution in [2.45, 2.75) is 0 Å². The lowest BCUT2D eigenvalue weighted by molar-refractivity contribution is 0.976. The van der Waals surface area contributed by atoms with Crippen molar-refractivity contribution in [2.24, 2.45) is 0 Å². The van der Waals surface area contributed by atoms with Gasteiger partial charge < -0.3 is 0 Å². The minimum atomic E-state index is -0.397. The van der Waals surface area contributed by atoms with Gasteiger partial charge in [-0.3, -0.25) is 9.59 Å². The molecule has 0 fully saturated rings. The summed E-state index contributed by atoms with van der Waals surface area (Å²) in [6.07, 6.45) is 0. The van der Waals surface area contributed by atoms with E-state index in [0.29, 0.717) is 50.3 Å². The molecule has 47 heavy (non-hydrogen) atoms. The van der Waals surface area contributed by atoms with Gasteiger partial charge in [-0.05, 0) is 52.2 Å². The fraction of sp³-hybridized carbons (Fsp3) is 0. The Morgan fingerprint density at radius 2 is 0.766 bits per heavy atom. The van der Waals surface area contributed by atoms with Crippen LogP contribution >= 0.6 is 0 Å². The molecular weight excluding hydrogens is 580 g/mol. The summed E-state index contributed by atoms with van der Waals surface area (Å²) >= 11 is 0. The Hall–Kier alpha value is -6.53. The first-order valence-corrected chi connectivity index (χ1v) is 15.3. The molecule has 8 aromatic rings. The van der Waals surface area contributed by atoms with E-state index in [-0.39, 0.29) is 5.56 Å². The van der Waals surface area contributed by atoms with Crippen LogP contribution in [0.2, 0.25) is 0 Å². The average Bonchev–Trinajstić information content (AvgIpc) is 3.24. The van der Waals surface area contributed by atoms with E-state index >= 15 is 0 Å². The van der Waals surface area contributed by atoms with Gasteiger partial charge in [-0.1, -0.05) is 127 Å². The van der Waals surface area contributed by atoms with Gasteiger partial charge in [-0.2, -0.15) is 0 Å². The second-order valence-corrected chi connectivity index (χ2v) is 11.2. The summed E-state index contributed by atoms with van der Waals surface area (Å²) in [7, 11) is 0. The highest BCUT2D eigenvalue weighted by Crippen LogP contribution is 2.30. The third kappa shape index (κ3) is 5.18. The smallest absolute Gasteiger partial charge is 0.265 e. The maximum absolute atomic E-state index is 14.3. The molecule has 2 heterocycles. The van der Waals surface area contributed by atoms with Crippen LogP contribution in [0.5, 0.6) is 0 Å². The van der Waals surface area contributed by atoms with Gasteiger partial charge in [0.2, 0.25) is 0 Å².